The van der Waals surface area contributed by atoms with Gasteiger partial charge in [0.2, 0.25) is 5.91 Å². The van der Waals surface area contributed by atoms with E-state index in [4.69, 9.17) is 16.7 Å². The Bertz CT molecular complexity index is 731. The summed E-state index contributed by atoms with van der Waals surface area (Å²) >= 11 is 7.44. The van der Waals surface area contributed by atoms with Crippen molar-refractivity contribution in [3.05, 3.63) is 58.6 Å². The number of carbonyl (C=O) groups is 2. The molecule has 1 amide bonds. The minimum atomic E-state index is -1.07. The van der Waals surface area contributed by atoms with Crippen LogP contribution in [0, 0.1) is 6.92 Å². The topological polar surface area (TPSA) is 66.4 Å². The fourth-order valence-electron chi connectivity index (χ4n) is 1.86. The summed E-state index contributed by atoms with van der Waals surface area (Å²) in [7, 11) is 0. The lowest BCUT2D eigenvalue weighted by molar-refractivity contribution is -0.115. The number of amides is 1. The van der Waals surface area contributed by atoms with Gasteiger partial charge in [-0.05, 0) is 44.2 Å². The van der Waals surface area contributed by atoms with E-state index in [-0.39, 0.29) is 16.7 Å². The second-order valence-electron chi connectivity index (χ2n) is 5.06. The number of carbonyl (C=O) groups excluding carboxylic acids is 1. The zero-order valence-corrected chi connectivity index (χ0v) is 14.2. The Hall–Kier alpha value is -1.98. The first-order valence-corrected chi connectivity index (χ1v) is 8.19. The lowest BCUT2D eigenvalue weighted by atomic mass is 10.2. The number of carboxylic acid groups (broad SMARTS) is 1. The lowest BCUT2D eigenvalue weighted by Crippen LogP contribution is -2.22. The van der Waals surface area contributed by atoms with Crippen molar-refractivity contribution in [3.63, 3.8) is 0 Å². The van der Waals surface area contributed by atoms with E-state index in [1.54, 1.807) is 6.92 Å². The van der Waals surface area contributed by atoms with E-state index in [0.717, 1.165) is 10.5 Å². The molecular formula is C17H16ClNO3S. The molecule has 1 atom stereocenters. The van der Waals surface area contributed by atoms with Gasteiger partial charge in [-0.3, -0.25) is 4.79 Å². The van der Waals surface area contributed by atoms with E-state index in [1.807, 2.05) is 31.2 Å². The molecule has 2 rings (SSSR count). The first-order valence-electron chi connectivity index (χ1n) is 6.94. The number of benzene rings is 2. The quantitative estimate of drug-likeness (QED) is 0.782. The van der Waals surface area contributed by atoms with Crippen LogP contribution < -0.4 is 5.32 Å². The first kappa shape index (κ1) is 17.4. The first-order chi connectivity index (χ1) is 10.9. The third-order valence-electron chi connectivity index (χ3n) is 3.17. The standard InChI is InChI=1S/C17H16ClNO3S/c1-10-3-6-13(7-4-10)23-11(2)16(20)19-15-9-12(17(21)22)5-8-14(15)18/h3-9,11H,1-2H3,(H,19,20)(H,21,22). The van der Waals surface area contributed by atoms with Gasteiger partial charge in [0.15, 0.2) is 0 Å². The van der Waals surface area contributed by atoms with Gasteiger partial charge >= 0.3 is 5.97 Å². The second kappa shape index (κ2) is 7.53. The monoisotopic (exact) mass is 349 g/mol. The summed E-state index contributed by atoms with van der Waals surface area (Å²) in [5.74, 6) is -1.31. The molecule has 0 radical (unpaired) electrons. The molecular weight excluding hydrogens is 334 g/mol. The number of thioether (sulfide) groups is 1. The van der Waals surface area contributed by atoms with Gasteiger partial charge in [0.1, 0.15) is 0 Å². The number of nitrogens with one attached hydrogen (secondary N) is 1. The van der Waals surface area contributed by atoms with Gasteiger partial charge in [-0.2, -0.15) is 0 Å². The smallest absolute Gasteiger partial charge is 0.335 e. The molecule has 0 heterocycles. The van der Waals surface area contributed by atoms with Gasteiger partial charge in [-0.25, -0.2) is 4.79 Å². The highest BCUT2D eigenvalue weighted by molar-refractivity contribution is 8.00. The predicted octanol–water partition coefficient (Wildman–Crippen LogP) is 4.47. The zero-order valence-electron chi connectivity index (χ0n) is 12.7. The number of halogens is 1. The molecule has 0 aliphatic rings. The molecule has 120 valence electrons. The minimum Gasteiger partial charge on any atom is -0.478 e. The van der Waals surface area contributed by atoms with Gasteiger partial charge in [0.25, 0.3) is 0 Å². The third-order valence-corrected chi connectivity index (χ3v) is 4.62. The maximum absolute atomic E-state index is 12.3. The van der Waals surface area contributed by atoms with Crippen molar-refractivity contribution >= 4 is 40.9 Å². The van der Waals surface area contributed by atoms with Crippen LogP contribution in [-0.2, 0) is 4.79 Å². The van der Waals surface area contributed by atoms with Crippen LogP contribution in [0.4, 0.5) is 5.69 Å². The van der Waals surface area contributed by atoms with Crippen molar-refractivity contribution in [2.75, 3.05) is 5.32 Å². The highest BCUT2D eigenvalue weighted by Crippen LogP contribution is 2.27. The maximum Gasteiger partial charge on any atom is 0.335 e. The molecule has 4 nitrogen and oxygen atoms in total. The van der Waals surface area contributed by atoms with E-state index in [0.29, 0.717) is 10.7 Å². The van der Waals surface area contributed by atoms with E-state index < -0.39 is 5.97 Å². The van der Waals surface area contributed by atoms with Crippen LogP contribution in [0.2, 0.25) is 5.02 Å². The molecule has 0 saturated heterocycles. The average Bonchev–Trinajstić information content (AvgIpc) is 2.51. The van der Waals surface area contributed by atoms with Crippen LogP contribution in [-0.4, -0.2) is 22.2 Å². The molecule has 0 bridgehead atoms. The van der Waals surface area contributed by atoms with Crippen LogP contribution >= 0.6 is 23.4 Å². The Morgan fingerprint density at radius 1 is 1.17 bits per heavy atom. The summed E-state index contributed by atoms with van der Waals surface area (Å²) in [6, 6.07) is 12.1. The van der Waals surface area contributed by atoms with Crippen molar-refractivity contribution in [2.24, 2.45) is 0 Å². The largest absolute Gasteiger partial charge is 0.478 e. The van der Waals surface area contributed by atoms with Crippen LogP contribution in [0.3, 0.4) is 0 Å². The highest BCUT2D eigenvalue weighted by Gasteiger charge is 2.16. The Labute approximate surface area is 143 Å². The Morgan fingerprint density at radius 3 is 2.43 bits per heavy atom. The number of hydrogen-bond acceptors (Lipinski definition) is 3. The van der Waals surface area contributed by atoms with Gasteiger partial charge in [-0.15, -0.1) is 11.8 Å². The van der Waals surface area contributed by atoms with Gasteiger partial charge in [0, 0.05) is 4.90 Å². The molecule has 0 aliphatic carbocycles. The third kappa shape index (κ3) is 4.74. The molecule has 2 aromatic rings. The van der Waals surface area contributed by atoms with Crippen LogP contribution in [0.5, 0.6) is 0 Å². The number of hydrogen-bond donors (Lipinski definition) is 2. The molecule has 1 unspecified atom stereocenters. The van der Waals surface area contributed by atoms with Gasteiger partial charge in [-0.1, -0.05) is 29.3 Å². The van der Waals surface area contributed by atoms with E-state index >= 15 is 0 Å². The van der Waals surface area contributed by atoms with Crippen molar-refractivity contribution in [3.8, 4) is 0 Å². The van der Waals surface area contributed by atoms with Crippen LogP contribution in [0.15, 0.2) is 47.4 Å². The Kier molecular flexibility index (Phi) is 5.69. The molecule has 0 spiro atoms. The van der Waals surface area contributed by atoms with Crippen LogP contribution in [0.25, 0.3) is 0 Å². The number of rotatable bonds is 5. The summed E-state index contributed by atoms with van der Waals surface area (Å²) < 4.78 is 0. The summed E-state index contributed by atoms with van der Waals surface area (Å²) in [6.45, 7) is 3.79. The molecule has 0 saturated carbocycles. The average molecular weight is 350 g/mol. The van der Waals surface area contributed by atoms with Gasteiger partial charge < -0.3 is 10.4 Å². The molecule has 2 N–H and O–H groups in total. The zero-order chi connectivity index (χ0) is 17.0. The number of carboxylic acids is 1. The number of aromatic carboxylic acids is 1. The van der Waals surface area contributed by atoms with Gasteiger partial charge in [0.05, 0.1) is 21.5 Å². The fourth-order valence-corrected chi connectivity index (χ4v) is 2.90. The molecule has 0 aliphatic heterocycles. The number of anilines is 1. The van der Waals surface area contributed by atoms with Crippen molar-refractivity contribution in [1.29, 1.82) is 0 Å². The van der Waals surface area contributed by atoms with Crippen molar-refractivity contribution < 1.29 is 14.7 Å². The van der Waals surface area contributed by atoms with Crippen molar-refractivity contribution in [2.45, 2.75) is 24.0 Å². The summed E-state index contributed by atoms with van der Waals surface area (Å²) in [6.07, 6.45) is 0. The normalized spacial score (nSPS) is 11.8. The number of aryl methyl sites for hydroxylation is 1. The molecule has 6 heteroatoms. The Balaban J connectivity index is 2.07. The van der Waals surface area contributed by atoms with Crippen molar-refractivity contribution in [1.82, 2.24) is 0 Å². The highest BCUT2D eigenvalue weighted by atomic mass is 35.5. The predicted molar refractivity (Wildman–Crippen MR) is 93.5 cm³/mol. The maximum atomic E-state index is 12.3. The van der Waals surface area contributed by atoms with E-state index in [1.165, 1.54) is 30.0 Å². The SMILES string of the molecule is Cc1ccc(SC(C)C(=O)Nc2cc(C(=O)O)ccc2Cl)cc1. The molecule has 23 heavy (non-hydrogen) atoms. The minimum absolute atomic E-state index is 0.0727. The van der Waals surface area contributed by atoms with E-state index in [2.05, 4.69) is 5.32 Å². The summed E-state index contributed by atoms with van der Waals surface area (Å²) in [5, 5.41) is 11.6. The molecule has 0 aromatic heterocycles. The second-order valence-corrected chi connectivity index (χ2v) is 6.88. The van der Waals surface area contributed by atoms with Crippen LogP contribution in [0.1, 0.15) is 22.8 Å². The molecule has 0 fully saturated rings. The fraction of sp³-hybridized carbons (Fsp3) is 0.176. The summed E-state index contributed by atoms with van der Waals surface area (Å²) in [5.41, 5.74) is 1.53. The Morgan fingerprint density at radius 2 is 1.83 bits per heavy atom. The summed E-state index contributed by atoms with van der Waals surface area (Å²) in [4.78, 5) is 24.3. The van der Waals surface area contributed by atoms with E-state index in [9.17, 15) is 9.59 Å². The molecule has 2 aromatic carbocycles. The lowest BCUT2D eigenvalue weighted by Gasteiger charge is -2.13.